The zero-order chi connectivity index (χ0) is 29.7. The number of ketones is 1. The van der Waals surface area contributed by atoms with Gasteiger partial charge in [0, 0.05) is 35.3 Å². The van der Waals surface area contributed by atoms with E-state index in [0.29, 0.717) is 45.1 Å². The topological polar surface area (TPSA) is 77.0 Å². The highest BCUT2D eigenvalue weighted by atomic mass is 19.4. The molecule has 42 heavy (non-hydrogen) atoms. The number of anilines is 2. The monoisotopic (exact) mass is 568 g/mol. The quantitative estimate of drug-likeness (QED) is 0.142. The van der Waals surface area contributed by atoms with Gasteiger partial charge in [0.15, 0.2) is 11.6 Å². The first-order valence-corrected chi connectivity index (χ1v) is 13.2. The van der Waals surface area contributed by atoms with Gasteiger partial charge >= 0.3 is 6.18 Å². The second-order valence-corrected chi connectivity index (χ2v) is 9.66. The third-order valence-corrected chi connectivity index (χ3v) is 6.77. The van der Waals surface area contributed by atoms with Crippen LogP contribution in [0.2, 0.25) is 0 Å². The SMILES string of the molecule is COc1ccc2nc(-c3cccnc3)nc(Nc3ccccc3C(=O)CC=CC(C)c3cccc(C(F)(F)F)c3)c2c1. The molecule has 0 saturated heterocycles. The van der Waals surface area contributed by atoms with Crippen molar-refractivity contribution in [1.29, 1.82) is 0 Å². The average molecular weight is 569 g/mol. The first kappa shape index (κ1) is 28.5. The average Bonchev–Trinajstić information content (AvgIpc) is 3.01. The molecule has 5 rings (SSSR count). The number of nitrogens with one attached hydrogen (secondary N) is 1. The molecular weight excluding hydrogens is 541 g/mol. The van der Waals surface area contributed by atoms with E-state index in [0.717, 1.165) is 17.7 Å². The number of benzene rings is 3. The minimum absolute atomic E-state index is 0.0707. The summed E-state index contributed by atoms with van der Waals surface area (Å²) < 4.78 is 44.8. The van der Waals surface area contributed by atoms with Crippen LogP contribution in [0, 0.1) is 0 Å². The number of hydrogen-bond donors (Lipinski definition) is 1. The molecule has 1 N–H and O–H groups in total. The molecule has 212 valence electrons. The molecule has 1 unspecified atom stereocenters. The second-order valence-electron chi connectivity index (χ2n) is 9.66. The van der Waals surface area contributed by atoms with Crippen LogP contribution in [0.4, 0.5) is 24.7 Å². The first-order valence-electron chi connectivity index (χ1n) is 13.2. The van der Waals surface area contributed by atoms with Crippen LogP contribution in [0.15, 0.2) is 103 Å². The van der Waals surface area contributed by atoms with Gasteiger partial charge in [-0.2, -0.15) is 13.2 Å². The van der Waals surface area contributed by atoms with E-state index >= 15 is 0 Å². The van der Waals surface area contributed by atoms with E-state index in [-0.39, 0.29) is 18.1 Å². The number of halogens is 3. The van der Waals surface area contributed by atoms with E-state index < -0.39 is 11.7 Å². The molecule has 0 aliphatic carbocycles. The molecule has 5 aromatic rings. The minimum atomic E-state index is -4.41. The number of Topliss-reactive ketones (excluding diaryl/α,β-unsaturated/α-hetero) is 1. The van der Waals surface area contributed by atoms with E-state index in [1.54, 1.807) is 68.9 Å². The summed E-state index contributed by atoms with van der Waals surface area (Å²) in [6, 6.07) is 21.5. The Morgan fingerprint density at radius 3 is 2.60 bits per heavy atom. The lowest BCUT2D eigenvalue weighted by molar-refractivity contribution is -0.137. The maximum Gasteiger partial charge on any atom is 0.416 e. The van der Waals surface area contributed by atoms with Crippen molar-refractivity contribution in [3.05, 3.63) is 120 Å². The van der Waals surface area contributed by atoms with Gasteiger partial charge in [-0.05, 0) is 60.0 Å². The normalized spacial score (nSPS) is 12.4. The molecule has 0 bridgehead atoms. The molecule has 0 spiro atoms. The number of rotatable bonds is 9. The molecule has 0 fully saturated rings. The van der Waals surface area contributed by atoms with Crippen LogP contribution in [-0.4, -0.2) is 27.8 Å². The van der Waals surface area contributed by atoms with Crippen molar-refractivity contribution in [3.8, 4) is 17.1 Å². The number of nitrogens with zero attached hydrogens (tertiary/aromatic N) is 3. The van der Waals surface area contributed by atoms with Gasteiger partial charge in [0.2, 0.25) is 0 Å². The highest BCUT2D eigenvalue weighted by Gasteiger charge is 2.30. The molecule has 0 saturated carbocycles. The fourth-order valence-electron chi connectivity index (χ4n) is 4.52. The number of allylic oxidation sites excluding steroid dienone is 2. The Morgan fingerprint density at radius 1 is 1.00 bits per heavy atom. The van der Waals surface area contributed by atoms with Crippen molar-refractivity contribution >= 4 is 28.2 Å². The Labute approximate surface area is 240 Å². The van der Waals surface area contributed by atoms with Crippen LogP contribution >= 0.6 is 0 Å². The molecule has 2 heterocycles. The van der Waals surface area contributed by atoms with Crippen LogP contribution < -0.4 is 10.1 Å². The Bertz CT molecular complexity index is 1750. The van der Waals surface area contributed by atoms with Crippen molar-refractivity contribution < 1.29 is 22.7 Å². The maximum atomic E-state index is 13.3. The first-order chi connectivity index (χ1) is 20.2. The molecular formula is C33H27F3N4O2. The Kier molecular flexibility index (Phi) is 8.28. The Hall–Kier alpha value is -5.05. The van der Waals surface area contributed by atoms with E-state index in [9.17, 15) is 18.0 Å². The van der Waals surface area contributed by atoms with Gasteiger partial charge in [-0.15, -0.1) is 0 Å². The summed E-state index contributed by atoms with van der Waals surface area (Å²) in [6.07, 6.45) is 2.44. The van der Waals surface area contributed by atoms with Crippen molar-refractivity contribution in [2.75, 3.05) is 12.4 Å². The van der Waals surface area contributed by atoms with Gasteiger partial charge in [-0.1, -0.05) is 49.4 Å². The van der Waals surface area contributed by atoms with Gasteiger partial charge in [-0.25, -0.2) is 9.97 Å². The summed E-state index contributed by atoms with van der Waals surface area (Å²) in [4.78, 5) is 26.9. The second kappa shape index (κ2) is 12.2. The van der Waals surface area contributed by atoms with Gasteiger partial charge in [-0.3, -0.25) is 9.78 Å². The van der Waals surface area contributed by atoms with Crippen LogP contribution in [0.1, 0.15) is 40.7 Å². The van der Waals surface area contributed by atoms with Crippen molar-refractivity contribution in [2.24, 2.45) is 0 Å². The molecule has 0 aliphatic heterocycles. The number of para-hydroxylation sites is 1. The van der Waals surface area contributed by atoms with Gasteiger partial charge < -0.3 is 10.1 Å². The molecule has 1 atom stereocenters. The highest BCUT2D eigenvalue weighted by Crippen LogP contribution is 2.33. The van der Waals surface area contributed by atoms with Gasteiger partial charge in [0.1, 0.15) is 11.6 Å². The number of carbonyl (C=O) groups is 1. The molecule has 6 nitrogen and oxygen atoms in total. The number of pyridine rings is 1. The lowest BCUT2D eigenvalue weighted by Crippen LogP contribution is -2.06. The number of carbonyl (C=O) groups excluding carboxylic acids is 1. The lowest BCUT2D eigenvalue weighted by Gasteiger charge is -2.14. The number of alkyl halides is 3. The van der Waals surface area contributed by atoms with Gasteiger partial charge in [0.25, 0.3) is 0 Å². The predicted molar refractivity (Wildman–Crippen MR) is 157 cm³/mol. The van der Waals surface area contributed by atoms with Crippen LogP contribution in [0.5, 0.6) is 5.75 Å². The number of methoxy groups -OCH3 is 1. The highest BCUT2D eigenvalue weighted by molar-refractivity contribution is 6.03. The molecule has 3 aromatic carbocycles. The van der Waals surface area contributed by atoms with Crippen molar-refractivity contribution in [1.82, 2.24) is 15.0 Å². The molecule has 0 aliphatic rings. The third-order valence-electron chi connectivity index (χ3n) is 6.77. The number of hydrogen-bond acceptors (Lipinski definition) is 6. The summed E-state index contributed by atoms with van der Waals surface area (Å²) in [5.41, 5.74) is 2.25. The van der Waals surface area contributed by atoms with E-state index in [4.69, 9.17) is 14.7 Å². The summed E-state index contributed by atoms with van der Waals surface area (Å²) >= 11 is 0. The summed E-state index contributed by atoms with van der Waals surface area (Å²) in [5, 5.41) is 4.03. The number of aromatic nitrogens is 3. The lowest BCUT2D eigenvalue weighted by atomic mass is 9.97. The smallest absolute Gasteiger partial charge is 0.416 e. The summed E-state index contributed by atoms with van der Waals surface area (Å²) in [7, 11) is 1.58. The Balaban J connectivity index is 1.41. The Morgan fingerprint density at radius 2 is 1.83 bits per heavy atom. The standard InChI is InChI=1S/C33H27F3N4O2/c1-21(22-9-6-11-24(18-22)33(34,35)36)8-5-14-30(41)26-12-3-4-13-28(26)39-32-27-19-25(42-2)15-16-29(27)38-31(40-32)23-10-7-17-37-20-23/h3-13,15-21H,14H2,1-2H3,(H,38,39,40). The van der Waals surface area contributed by atoms with E-state index in [1.807, 2.05) is 30.3 Å². The zero-order valence-electron chi connectivity index (χ0n) is 22.9. The predicted octanol–water partition coefficient (Wildman–Crippen LogP) is 8.40. The van der Waals surface area contributed by atoms with Crippen LogP contribution in [0.3, 0.4) is 0 Å². The molecule has 9 heteroatoms. The molecule has 2 aromatic heterocycles. The van der Waals surface area contributed by atoms with E-state index in [2.05, 4.69) is 10.3 Å². The fourth-order valence-corrected chi connectivity index (χ4v) is 4.52. The van der Waals surface area contributed by atoms with Gasteiger partial charge in [0.05, 0.1) is 23.9 Å². The third kappa shape index (κ3) is 6.46. The summed E-state index contributed by atoms with van der Waals surface area (Å²) in [5.74, 6) is 1.13. The molecule has 0 radical (unpaired) electrons. The minimum Gasteiger partial charge on any atom is -0.497 e. The molecule has 0 amide bonds. The van der Waals surface area contributed by atoms with E-state index in [1.165, 1.54) is 6.07 Å². The van der Waals surface area contributed by atoms with Crippen LogP contribution in [-0.2, 0) is 6.18 Å². The largest absolute Gasteiger partial charge is 0.497 e. The van der Waals surface area contributed by atoms with Crippen molar-refractivity contribution in [2.45, 2.75) is 25.4 Å². The maximum absolute atomic E-state index is 13.3. The number of ether oxygens (including phenoxy) is 1. The van der Waals surface area contributed by atoms with Crippen LogP contribution in [0.25, 0.3) is 22.3 Å². The fraction of sp³-hybridized carbons (Fsp3) is 0.152. The summed E-state index contributed by atoms with van der Waals surface area (Å²) in [6.45, 7) is 1.79. The number of fused-ring (bicyclic) bond motifs is 1. The van der Waals surface area contributed by atoms with Crippen molar-refractivity contribution in [3.63, 3.8) is 0 Å². The zero-order valence-corrected chi connectivity index (χ0v) is 22.9.